The van der Waals surface area contributed by atoms with Crippen molar-refractivity contribution in [2.24, 2.45) is 0 Å². The first-order valence-electron chi connectivity index (χ1n) is 18.6. The summed E-state index contributed by atoms with van der Waals surface area (Å²) in [5, 5.41) is 2.37. The van der Waals surface area contributed by atoms with Crippen molar-refractivity contribution in [2.45, 2.75) is 5.41 Å². The summed E-state index contributed by atoms with van der Waals surface area (Å²) >= 11 is 0. The first kappa shape index (κ1) is 31.1. The molecule has 2 aliphatic carbocycles. The van der Waals surface area contributed by atoms with E-state index in [9.17, 15) is 0 Å². The van der Waals surface area contributed by atoms with Gasteiger partial charge in [-0.1, -0.05) is 164 Å². The molecule has 0 atom stereocenters. The lowest BCUT2D eigenvalue weighted by molar-refractivity contribution is 0.794. The summed E-state index contributed by atoms with van der Waals surface area (Å²) in [7, 11) is 0. The third-order valence-electron chi connectivity index (χ3n) is 11.5. The van der Waals surface area contributed by atoms with Gasteiger partial charge in [0.05, 0.1) is 23.4 Å². The molecule has 55 heavy (non-hydrogen) atoms. The van der Waals surface area contributed by atoms with Gasteiger partial charge in [0.15, 0.2) is 11.5 Å². The Morgan fingerprint density at radius 3 is 1.73 bits per heavy atom. The fourth-order valence-electron chi connectivity index (χ4n) is 9.13. The van der Waals surface area contributed by atoms with Gasteiger partial charge < -0.3 is 0 Å². The Kier molecular flexibility index (Phi) is 6.83. The second-order valence-corrected chi connectivity index (χ2v) is 14.4. The lowest BCUT2D eigenvalue weighted by Crippen LogP contribution is -2.25. The number of aromatic nitrogens is 2. The summed E-state index contributed by atoms with van der Waals surface area (Å²) in [5.41, 5.74) is 17.0. The Balaban J connectivity index is 1.14. The lowest BCUT2D eigenvalue weighted by atomic mass is 9.70. The SMILES string of the molecule is [C-]#[N+]c1ccc2c(c1)-c1ccc(-c3ccccc3-c3cc(-c4ccc5ccccc5c4)nc(-c4ccccc4)n3)cc1C21c2ccccc2-c2ccccc21. The van der Waals surface area contributed by atoms with Crippen molar-refractivity contribution in [2.75, 3.05) is 0 Å². The average molecular weight is 698 g/mol. The summed E-state index contributed by atoms with van der Waals surface area (Å²) in [6.45, 7) is 7.87. The highest BCUT2D eigenvalue weighted by Gasteiger charge is 2.51. The maximum atomic E-state index is 7.87. The normalized spacial score (nSPS) is 12.9. The summed E-state index contributed by atoms with van der Waals surface area (Å²) in [6.07, 6.45) is 0. The van der Waals surface area contributed by atoms with Gasteiger partial charge in [0, 0.05) is 16.7 Å². The smallest absolute Gasteiger partial charge is 0.187 e. The highest BCUT2D eigenvalue weighted by atomic mass is 14.9. The van der Waals surface area contributed by atoms with Crippen LogP contribution >= 0.6 is 0 Å². The molecule has 0 fully saturated rings. The molecule has 1 aromatic heterocycles. The molecule has 254 valence electrons. The van der Waals surface area contributed by atoms with Crippen LogP contribution in [0.1, 0.15) is 22.3 Å². The second kappa shape index (κ2) is 12.1. The van der Waals surface area contributed by atoms with Gasteiger partial charge in [0.2, 0.25) is 0 Å². The van der Waals surface area contributed by atoms with Crippen molar-refractivity contribution in [3.8, 4) is 67.3 Å². The first-order valence-corrected chi connectivity index (χ1v) is 18.6. The monoisotopic (exact) mass is 697 g/mol. The molecule has 9 aromatic rings. The van der Waals surface area contributed by atoms with Crippen molar-refractivity contribution >= 4 is 16.5 Å². The largest absolute Gasteiger partial charge is 0.238 e. The van der Waals surface area contributed by atoms with Crippen molar-refractivity contribution in [3.05, 3.63) is 222 Å². The Labute approximate surface area is 319 Å². The predicted molar refractivity (Wildman–Crippen MR) is 224 cm³/mol. The van der Waals surface area contributed by atoms with E-state index in [2.05, 4.69) is 169 Å². The minimum atomic E-state index is -0.512. The maximum Gasteiger partial charge on any atom is 0.187 e. The molecular weight excluding hydrogens is 667 g/mol. The fourth-order valence-corrected chi connectivity index (χ4v) is 9.13. The molecule has 8 aromatic carbocycles. The number of rotatable bonds is 4. The van der Waals surface area contributed by atoms with Crippen LogP contribution in [0.5, 0.6) is 0 Å². The molecule has 2 aliphatic rings. The van der Waals surface area contributed by atoms with Crippen LogP contribution in [-0.4, -0.2) is 9.97 Å². The average Bonchev–Trinajstić information content (AvgIpc) is 3.73. The molecule has 1 heterocycles. The summed E-state index contributed by atoms with van der Waals surface area (Å²) in [6, 6.07) is 66.8. The molecule has 0 radical (unpaired) electrons. The van der Waals surface area contributed by atoms with E-state index in [0.717, 1.165) is 44.8 Å². The number of fused-ring (bicyclic) bond motifs is 11. The molecule has 0 bridgehead atoms. The fraction of sp³-hybridized carbons (Fsp3) is 0.0192. The molecule has 3 heteroatoms. The van der Waals surface area contributed by atoms with E-state index in [1.165, 1.54) is 49.7 Å². The highest BCUT2D eigenvalue weighted by Crippen LogP contribution is 2.63. The maximum absolute atomic E-state index is 7.87. The van der Waals surface area contributed by atoms with Crippen LogP contribution in [0.2, 0.25) is 0 Å². The van der Waals surface area contributed by atoms with Crippen molar-refractivity contribution in [1.82, 2.24) is 9.97 Å². The number of nitrogens with zero attached hydrogens (tertiary/aromatic N) is 3. The van der Waals surface area contributed by atoms with E-state index in [1.807, 2.05) is 24.3 Å². The molecule has 0 saturated carbocycles. The molecule has 0 unspecified atom stereocenters. The first-order chi connectivity index (χ1) is 27.2. The van der Waals surface area contributed by atoms with Crippen LogP contribution in [0.4, 0.5) is 5.69 Å². The summed E-state index contributed by atoms with van der Waals surface area (Å²) in [4.78, 5) is 14.3. The third kappa shape index (κ3) is 4.62. The van der Waals surface area contributed by atoms with Crippen molar-refractivity contribution in [1.29, 1.82) is 0 Å². The van der Waals surface area contributed by atoms with E-state index < -0.39 is 5.41 Å². The lowest BCUT2D eigenvalue weighted by Gasteiger charge is -2.31. The van der Waals surface area contributed by atoms with Gasteiger partial charge >= 0.3 is 0 Å². The van der Waals surface area contributed by atoms with E-state index in [1.54, 1.807) is 0 Å². The van der Waals surface area contributed by atoms with Gasteiger partial charge in [-0.15, -0.1) is 0 Å². The molecular formula is C52H31N3. The van der Waals surface area contributed by atoms with E-state index in [4.69, 9.17) is 16.5 Å². The summed E-state index contributed by atoms with van der Waals surface area (Å²) < 4.78 is 0. The minimum Gasteiger partial charge on any atom is -0.238 e. The topological polar surface area (TPSA) is 30.1 Å². The molecule has 0 N–H and O–H groups in total. The van der Waals surface area contributed by atoms with Gasteiger partial charge in [0.25, 0.3) is 0 Å². The zero-order valence-corrected chi connectivity index (χ0v) is 29.7. The van der Waals surface area contributed by atoms with Crippen LogP contribution in [0.25, 0.3) is 82.9 Å². The van der Waals surface area contributed by atoms with Gasteiger partial charge in [0.1, 0.15) is 0 Å². The Morgan fingerprint density at radius 1 is 0.364 bits per heavy atom. The molecule has 0 saturated heterocycles. The van der Waals surface area contributed by atoms with Crippen LogP contribution in [0.3, 0.4) is 0 Å². The molecule has 11 rings (SSSR count). The zero-order chi connectivity index (χ0) is 36.5. The quantitative estimate of drug-likeness (QED) is 0.171. The molecule has 0 amide bonds. The summed E-state index contributed by atoms with van der Waals surface area (Å²) in [5.74, 6) is 0.689. The molecule has 1 spiro atoms. The highest BCUT2D eigenvalue weighted by molar-refractivity contribution is 5.97. The van der Waals surface area contributed by atoms with Crippen LogP contribution in [0.15, 0.2) is 188 Å². The van der Waals surface area contributed by atoms with Crippen LogP contribution in [-0.2, 0) is 5.41 Å². The van der Waals surface area contributed by atoms with Gasteiger partial charge in [-0.25, -0.2) is 14.8 Å². The Hall–Kier alpha value is -7.41. The van der Waals surface area contributed by atoms with E-state index in [0.29, 0.717) is 11.5 Å². The van der Waals surface area contributed by atoms with Crippen LogP contribution in [0, 0.1) is 6.57 Å². The predicted octanol–water partition coefficient (Wildman–Crippen LogP) is 13.2. The van der Waals surface area contributed by atoms with Gasteiger partial charge in [-0.2, -0.15) is 0 Å². The number of hydrogen-bond donors (Lipinski definition) is 0. The van der Waals surface area contributed by atoms with Crippen LogP contribution < -0.4 is 0 Å². The standard InChI is InChI=1S/C52H31N3/c1-53-38-26-28-47-44(31-38)42-27-25-36(30-48(42)52(47)45-21-11-9-18-40(45)41-19-10-12-22-46(41)52)39-17-7-8-20-43(39)50-32-49(54-51(55-50)34-14-3-2-4-15-34)37-24-23-33-13-5-6-16-35(33)29-37/h2-32H. The van der Waals surface area contributed by atoms with Gasteiger partial charge in [-0.05, 0) is 90.7 Å². The van der Waals surface area contributed by atoms with E-state index in [-0.39, 0.29) is 0 Å². The van der Waals surface area contributed by atoms with Crippen molar-refractivity contribution < 1.29 is 0 Å². The Bertz CT molecular complexity index is 3020. The number of benzene rings is 8. The molecule has 0 aliphatic heterocycles. The van der Waals surface area contributed by atoms with E-state index >= 15 is 0 Å². The van der Waals surface area contributed by atoms with Crippen molar-refractivity contribution in [3.63, 3.8) is 0 Å². The molecule has 3 nitrogen and oxygen atoms in total. The third-order valence-corrected chi connectivity index (χ3v) is 11.5. The minimum absolute atomic E-state index is 0.512. The Morgan fingerprint density at radius 2 is 0.964 bits per heavy atom. The zero-order valence-electron chi connectivity index (χ0n) is 29.7. The number of hydrogen-bond acceptors (Lipinski definition) is 2. The second-order valence-electron chi connectivity index (χ2n) is 14.4. The van der Waals surface area contributed by atoms with Gasteiger partial charge in [-0.3, -0.25) is 0 Å².